The molecule has 4 amide bonds. The van der Waals surface area contributed by atoms with Gasteiger partial charge in [0.25, 0.3) is 0 Å². The third-order valence-electron chi connectivity index (χ3n) is 5.80. The van der Waals surface area contributed by atoms with E-state index in [1.54, 1.807) is 54.4 Å². The number of nitrogens with one attached hydrogen (secondary N) is 1. The highest BCUT2D eigenvalue weighted by molar-refractivity contribution is 5.77. The summed E-state index contributed by atoms with van der Waals surface area (Å²) in [5.74, 6) is -0.558. The lowest BCUT2D eigenvalue weighted by molar-refractivity contribution is -0.134. The lowest BCUT2D eigenvalue weighted by Crippen LogP contribution is -2.32. The van der Waals surface area contributed by atoms with Gasteiger partial charge in [0.15, 0.2) is 0 Å². The average Bonchev–Trinajstić information content (AvgIpc) is 3.25. The highest BCUT2D eigenvalue weighted by Crippen LogP contribution is 1.89. The number of aliphatic hydroxyl groups is 8. The fraction of sp³-hybridized carbons (Fsp3) is 0.892. The third-order valence-corrected chi connectivity index (χ3v) is 5.80. The second kappa shape index (κ2) is 67.3. The minimum absolute atomic E-state index is 0.00694. The Morgan fingerprint density at radius 1 is 0.500 bits per heavy atom. The van der Waals surface area contributed by atoms with Crippen LogP contribution in [0.15, 0.2) is 0 Å². The third kappa shape index (κ3) is 88.4. The second-order valence-electron chi connectivity index (χ2n) is 11.8. The highest BCUT2D eigenvalue weighted by Gasteiger charge is 2.06. The second-order valence-corrected chi connectivity index (χ2v) is 11.8. The summed E-state index contributed by atoms with van der Waals surface area (Å²) in [5.41, 5.74) is 4.64. The van der Waals surface area contributed by atoms with E-state index in [9.17, 15) is 19.2 Å². The number of carbonyl (C=O) groups excluding carboxylic acids is 4. The lowest BCUT2D eigenvalue weighted by Gasteiger charge is -2.15. The van der Waals surface area contributed by atoms with Crippen molar-refractivity contribution in [3.63, 3.8) is 0 Å². The van der Waals surface area contributed by atoms with Gasteiger partial charge in [-0.2, -0.15) is 0 Å². The summed E-state index contributed by atoms with van der Waals surface area (Å²) in [4.78, 5) is 44.5. The molecule has 0 saturated heterocycles. The minimum Gasteiger partial charge on any atom is -0.394 e. The van der Waals surface area contributed by atoms with Crippen LogP contribution in [0.2, 0.25) is 0 Å². The van der Waals surface area contributed by atoms with Crippen LogP contribution < -0.4 is 11.1 Å². The van der Waals surface area contributed by atoms with Crippen molar-refractivity contribution in [1.82, 2.24) is 15.1 Å². The van der Waals surface area contributed by atoms with Crippen molar-refractivity contribution in [1.29, 1.82) is 0 Å². The van der Waals surface area contributed by atoms with Gasteiger partial charge >= 0.3 is 0 Å². The van der Waals surface area contributed by atoms with E-state index in [0.29, 0.717) is 39.2 Å². The van der Waals surface area contributed by atoms with E-state index in [1.165, 1.54) is 47.6 Å². The zero-order valence-corrected chi connectivity index (χ0v) is 39.5. The summed E-state index contributed by atoms with van der Waals surface area (Å²) >= 11 is 0. The number of primary amides is 1. The van der Waals surface area contributed by atoms with Gasteiger partial charge in [0.05, 0.1) is 58.5 Å². The standard InChI is InChI=1S/C7H15NO3.C5H11NO2.2C5H12O3.C4H9NO2.2C4H10O3.C3H7NO2/c1-8(4-5-10-2)7(9)6-11-3;1-6(2)5(7)4-8-3;2*1-8-3-2-5(7)4-6;1-5-4(6)3-7-2;2*1-7-3-4(6)2-5;1-6-2-3(4)5/h4-6H2,1-3H3;4H2,1-3H3;2*5-7H,2-4H2,1H3;3H2,1-2H3,(H,5,6);2*4-6H,2-3H2,1H3;2H2,1H3,(H2,4,5)/t;;2*5-;;2*4-;/m..10.10./s1. The Morgan fingerprint density at radius 3 is 1.02 bits per heavy atom. The number of aliphatic hydroxyl groups excluding tert-OH is 8. The first kappa shape index (κ1) is 76.5. The number of hydrogen-bond acceptors (Lipinski definition) is 21. The molecule has 4 atom stereocenters. The maximum Gasteiger partial charge on any atom is 0.248 e. The van der Waals surface area contributed by atoms with E-state index >= 15 is 0 Å². The normalized spacial score (nSPS) is 11.4. The molecule has 0 saturated carbocycles. The molecule has 11 N–H and O–H groups in total. The van der Waals surface area contributed by atoms with Crippen molar-refractivity contribution < 1.29 is 103 Å². The topological polar surface area (TPSA) is 358 Å². The van der Waals surface area contributed by atoms with E-state index in [2.05, 4.69) is 48.9 Å². The predicted molar refractivity (Wildman–Crippen MR) is 228 cm³/mol. The monoisotopic (exact) mass is 923 g/mol. The number of amides is 4. The summed E-state index contributed by atoms with van der Waals surface area (Å²) in [5, 5.41) is 69.5. The fourth-order valence-corrected chi connectivity index (χ4v) is 2.37. The van der Waals surface area contributed by atoms with Gasteiger partial charge in [-0.05, 0) is 12.8 Å². The SMILES string of the molecule is CNC(=O)COC.COCC(=O)N(C)C.COCC(N)=O.COCCN(C)C(=O)COC.COCC[C@@H](O)CO.COCC[C@H](O)CO.COC[C@@H](O)CO.COC[C@H](O)CO. The van der Waals surface area contributed by atoms with Gasteiger partial charge in [-0.15, -0.1) is 0 Å². The Labute approximate surface area is 368 Å². The Morgan fingerprint density at radius 2 is 0.839 bits per heavy atom. The first-order valence-corrected chi connectivity index (χ1v) is 18.7. The number of methoxy groups -OCH3 is 9. The van der Waals surface area contributed by atoms with Gasteiger partial charge in [-0.25, -0.2) is 0 Å². The number of nitrogens with zero attached hydrogens (tertiary/aromatic N) is 2. The van der Waals surface area contributed by atoms with Gasteiger partial charge in [-0.3, -0.25) is 19.2 Å². The molecule has 380 valence electrons. The van der Waals surface area contributed by atoms with E-state index in [1.807, 2.05) is 0 Å². The van der Waals surface area contributed by atoms with Crippen LogP contribution in [0.25, 0.3) is 0 Å². The number of likely N-dealkylation sites (N-methyl/N-ethyl adjacent to an activating group) is 3. The van der Waals surface area contributed by atoms with E-state index in [0.717, 1.165) is 0 Å². The molecule has 0 aromatic carbocycles. The summed E-state index contributed by atoms with van der Waals surface area (Å²) in [7, 11) is 20.3. The maximum absolute atomic E-state index is 11.0. The summed E-state index contributed by atoms with van der Waals surface area (Å²) in [6.07, 6.45) is -1.65. The Kier molecular flexibility index (Phi) is 83.0. The van der Waals surface area contributed by atoms with Crippen LogP contribution in [0.1, 0.15) is 12.8 Å². The number of ether oxygens (including phenoxy) is 9. The molecule has 0 aromatic heterocycles. The zero-order chi connectivity index (χ0) is 50.2. The first-order valence-electron chi connectivity index (χ1n) is 18.7. The van der Waals surface area contributed by atoms with Crippen LogP contribution in [0.5, 0.6) is 0 Å². The molecule has 0 bridgehead atoms. The molecule has 0 spiro atoms. The predicted octanol–water partition coefficient (Wildman–Crippen LogP) is -5.32. The molecule has 0 fully saturated rings. The fourth-order valence-electron chi connectivity index (χ4n) is 2.37. The lowest BCUT2D eigenvalue weighted by atomic mass is 10.3. The van der Waals surface area contributed by atoms with Crippen molar-refractivity contribution in [2.75, 3.05) is 185 Å². The molecule has 0 aliphatic carbocycles. The molecule has 0 unspecified atom stereocenters. The molecule has 0 aromatic rings. The van der Waals surface area contributed by atoms with Crippen LogP contribution in [-0.2, 0) is 61.8 Å². The number of carbonyl (C=O) groups is 4. The summed E-state index contributed by atoms with van der Waals surface area (Å²) in [6.45, 7) is 2.25. The molecule has 0 aliphatic heterocycles. The van der Waals surface area contributed by atoms with Crippen LogP contribution in [0.4, 0.5) is 0 Å². The van der Waals surface area contributed by atoms with Gasteiger partial charge in [-0.1, -0.05) is 0 Å². The molecule has 25 heteroatoms. The van der Waals surface area contributed by atoms with E-state index < -0.39 is 30.3 Å². The molecule has 25 nitrogen and oxygen atoms in total. The summed E-state index contributed by atoms with van der Waals surface area (Å²) in [6, 6.07) is 0. The Balaban J connectivity index is -0.0000000901. The largest absolute Gasteiger partial charge is 0.394 e. The molecular formula is C37H86N4O21. The van der Waals surface area contributed by atoms with Crippen LogP contribution in [0.3, 0.4) is 0 Å². The van der Waals surface area contributed by atoms with Crippen LogP contribution >= 0.6 is 0 Å². The van der Waals surface area contributed by atoms with Crippen LogP contribution in [-0.4, -0.2) is 283 Å². The first-order chi connectivity index (χ1) is 29.2. The van der Waals surface area contributed by atoms with Gasteiger partial charge in [0.1, 0.15) is 38.6 Å². The number of rotatable bonds is 25. The maximum atomic E-state index is 11.0. The van der Waals surface area contributed by atoms with Crippen molar-refractivity contribution in [2.24, 2.45) is 5.73 Å². The van der Waals surface area contributed by atoms with Crippen molar-refractivity contribution in [3.8, 4) is 0 Å². The quantitative estimate of drug-likeness (QED) is 0.0409. The van der Waals surface area contributed by atoms with Crippen molar-refractivity contribution in [3.05, 3.63) is 0 Å². The average molecular weight is 923 g/mol. The smallest absolute Gasteiger partial charge is 0.248 e. The van der Waals surface area contributed by atoms with Crippen molar-refractivity contribution in [2.45, 2.75) is 37.3 Å². The Bertz CT molecular complexity index is 860. The molecule has 0 aliphatic rings. The molecule has 0 radical (unpaired) electrons. The molecule has 0 rings (SSSR count). The van der Waals surface area contributed by atoms with Gasteiger partial charge < -0.3 is 104 Å². The Hall–Kier alpha value is -2.80. The van der Waals surface area contributed by atoms with Crippen LogP contribution in [0, 0.1) is 0 Å². The van der Waals surface area contributed by atoms with E-state index in [-0.39, 0.29) is 83.8 Å². The summed E-state index contributed by atoms with van der Waals surface area (Å²) < 4.78 is 41.1. The number of nitrogens with two attached hydrogens (primary N) is 1. The molecule has 62 heavy (non-hydrogen) atoms. The zero-order valence-electron chi connectivity index (χ0n) is 39.5. The van der Waals surface area contributed by atoms with Crippen molar-refractivity contribution >= 4 is 23.6 Å². The van der Waals surface area contributed by atoms with E-state index in [4.69, 9.17) is 45.6 Å². The minimum atomic E-state index is -0.718. The van der Waals surface area contributed by atoms with Gasteiger partial charge in [0.2, 0.25) is 23.6 Å². The van der Waals surface area contributed by atoms with Gasteiger partial charge in [0, 0.05) is 112 Å². The molecular weight excluding hydrogens is 836 g/mol. The molecule has 0 heterocycles. The highest BCUT2D eigenvalue weighted by atomic mass is 16.5. The number of hydrogen-bond donors (Lipinski definition) is 10.